The minimum atomic E-state index is -4.53. The lowest BCUT2D eigenvalue weighted by Gasteiger charge is -2.21. The van der Waals surface area contributed by atoms with Crippen molar-refractivity contribution in [3.8, 4) is 0 Å². The summed E-state index contributed by atoms with van der Waals surface area (Å²) < 4.78 is 37.4. The zero-order chi connectivity index (χ0) is 17.0. The van der Waals surface area contributed by atoms with E-state index in [2.05, 4.69) is 4.98 Å². The molecule has 1 aliphatic heterocycles. The number of pyridine rings is 1. The molecule has 23 heavy (non-hydrogen) atoms. The predicted molar refractivity (Wildman–Crippen MR) is 75.4 cm³/mol. The molecule has 0 aliphatic carbocycles. The van der Waals surface area contributed by atoms with Crippen LogP contribution in [0.25, 0.3) is 0 Å². The van der Waals surface area contributed by atoms with Gasteiger partial charge in [-0.2, -0.15) is 13.2 Å². The molecule has 9 heteroatoms. The minimum Gasteiger partial charge on any atom is -0.369 e. The van der Waals surface area contributed by atoms with Gasteiger partial charge in [0.15, 0.2) is 0 Å². The van der Waals surface area contributed by atoms with E-state index in [0.717, 1.165) is 18.3 Å². The number of nitrogens with zero attached hydrogens (tertiary/aromatic N) is 3. The molecule has 1 aromatic rings. The number of hydrogen-bond acceptors (Lipinski definition) is 4. The highest BCUT2D eigenvalue weighted by molar-refractivity contribution is 5.94. The van der Waals surface area contributed by atoms with Crippen LogP contribution in [0.3, 0.4) is 0 Å². The lowest BCUT2D eigenvalue weighted by Crippen LogP contribution is -2.38. The average Bonchev–Trinajstić information content (AvgIpc) is 2.71. The van der Waals surface area contributed by atoms with Crippen LogP contribution in [-0.4, -0.2) is 59.3 Å². The van der Waals surface area contributed by atoms with Gasteiger partial charge in [-0.15, -0.1) is 0 Å². The van der Waals surface area contributed by atoms with Crippen LogP contribution in [0.2, 0.25) is 0 Å². The summed E-state index contributed by atoms with van der Waals surface area (Å²) in [5, 5.41) is 0. The van der Waals surface area contributed by atoms with Gasteiger partial charge in [0.2, 0.25) is 5.91 Å². The molecule has 2 N–H and O–H groups in total. The van der Waals surface area contributed by atoms with E-state index < -0.39 is 17.8 Å². The Labute approximate surface area is 131 Å². The lowest BCUT2D eigenvalue weighted by molar-refractivity contribution is -0.141. The smallest absolute Gasteiger partial charge is 0.369 e. The van der Waals surface area contributed by atoms with Crippen LogP contribution in [0.5, 0.6) is 0 Å². The summed E-state index contributed by atoms with van der Waals surface area (Å²) in [7, 11) is 0. The number of alkyl halides is 3. The van der Waals surface area contributed by atoms with E-state index in [9.17, 15) is 22.8 Å². The molecule has 2 heterocycles. The summed E-state index contributed by atoms with van der Waals surface area (Å²) in [6.07, 6.45) is -2.93. The number of rotatable bonds is 3. The van der Waals surface area contributed by atoms with Gasteiger partial charge in [-0.05, 0) is 18.6 Å². The molecular weight excluding hydrogens is 313 g/mol. The first kappa shape index (κ1) is 17.2. The Morgan fingerprint density at radius 2 is 1.91 bits per heavy atom. The molecule has 1 fully saturated rings. The predicted octanol–water partition coefficient (Wildman–Crippen LogP) is 0.734. The Hall–Kier alpha value is -2.16. The number of halogens is 3. The summed E-state index contributed by atoms with van der Waals surface area (Å²) >= 11 is 0. The van der Waals surface area contributed by atoms with E-state index in [-0.39, 0.29) is 18.0 Å². The van der Waals surface area contributed by atoms with E-state index >= 15 is 0 Å². The van der Waals surface area contributed by atoms with E-state index in [1.54, 1.807) is 4.90 Å². The molecule has 6 nitrogen and oxygen atoms in total. The van der Waals surface area contributed by atoms with Gasteiger partial charge in [-0.1, -0.05) is 0 Å². The zero-order valence-corrected chi connectivity index (χ0v) is 12.3. The molecular formula is C14H17F3N4O2. The van der Waals surface area contributed by atoms with Crippen molar-refractivity contribution in [2.75, 3.05) is 32.7 Å². The zero-order valence-electron chi connectivity index (χ0n) is 12.3. The third kappa shape index (κ3) is 4.65. The molecule has 0 atom stereocenters. The van der Waals surface area contributed by atoms with E-state index in [0.29, 0.717) is 32.6 Å². The van der Waals surface area contributed by atoms with Crippen LogP contribution in [-0.2, 0) is 11.0 Å². The molecule has 0 spiro atoms. The number of primary amides is 1. The van der Waals surface area contributed by atoms with E-state index in [1.165, 1.54) is 0 Å². The largest absolute Gasteiger partial charge is 0.433 e. The molecule has 0 unspecified atom stereocenters. The first-order chi connectivity index (χ1) is 10.8. The summed E-state index contributed by atoms with van der Waals surface area (Å²) in [6.45, 7) is 2.10. The van der Waals surface area contributed by atoms with Gasteiger partial charge in [0.25, 0.3) is 5.91 Å². The fourth-order valence-electron chi connectivity index (χ4n) is 2.42. The molecule has 0 radical (unpaired) electrons. The number of carbonyl (C=O) groups excluding carboxylic acids is 2. The van der Waals surface area contributed by atoms with Crippen LogP contribution in [0.15, 0.2) is 18.3 Å². The second-order valence-electron chi connectivity index (χ2n) is 5.32. The highest BCUT2D eigenvalue weighted by Crippen LogP contribution is 2.27. The van der Waals surface area contributed by atoms with Crippen LogP contribution in [0, 0.1) is 0 Å². The molecule has 1 aliphatic rings. The maximum Gasteiger partial charge on any atom is 0.433 e. The number of amides is 2. The van der Waals surface area contributed by atoms with Crippen molar-refractivity contribution < 1.29 is 22.8 Å². The van der Waals surface area contributed by atoms with Gasteiger partial charge in [-0.25, -0.2) is 0 Å². The van der Waals surface area contributed by atoms with E-state index in [1.807, 2.05) is 4.90 Å². The summed E-state index contributed by atoms with van der Waals surface area (Å²) in [4.78, 5) is 30.0. The van der Waals surface area contributed by atoms with Gasteiger partial charge < -0.3 is 10.6 Å². The fraction of sp³-hybridized carbons (Fsp3) is 0.500. The van der Waals surface area contributed by atoms with Gasteiger partial charge in [0, 0.05) is 32.4 Å². The van der Waals surface area contributed by atoms with Gasteiger partial charge in [0.1, 0.15) is 5.69 Å². The van der Waals surface area contributed by atoms with Gasteiger partial charge in [0.05, 0.1) is 12.1 Å². The Morgan fingerprint density at radius 1 is 1.17 bits per heavy atom. The summed E-state index contributed by atoms with van der Waals surface area (Å²) in [5.41, 5.74) is 4.23. The highest BCUT2D eigenvalue weighted by Gasteiger charge is 2.32. The quantitative estimate of drug-likeness (QED) is 0.886. The molecule has 1 saturated heterocycles. The van der Waals surface area contributed by atoms with Crippen molar-refractivity contribution in [1.29, 1.82) is 0 Å². The topological polar surface area (TPSA) is 79.5 Å². The molecule has 0 bridgehead atoms. The van der Waals surface area contributed by atoms with Crippen molar-refractivity contribution in [2.45, 2.75) is 12.6 Å². The number of carbonyl (C=O) groups is 2. The molecule has 0 aromatic carbocycles. The molecule has 2 rings (SSSR count). The number of aromatic nitrogens is 1. The summed E-state index contributed by atoms with van der Waals surface area (Å²) in [6, 6.07) is 1.93. The maximum absolute atomic E-state index is 12.5. The molecule has 126 valence electrons. The van der Waals surface area contributed by atoms with Crippen LogP contribution in [0.1, 0.15) is 22.5 Å². The third-order valence-corrected chi connectivity index (χ3v) is 3.56. The van der Waals surface area contributed by atoms with Crippen LogP contribution < -0.4 is 5.73 Å². The number of hydrogen-bond donors (Lipinski definition) is 1. The van der Waals surface area contributed by atoms with Crippen molar-refractivity contribution in [1.82, 2.24) is 14.8 Å². The molecule has 0 saturated carbocycles. The molecule has 2 amide bonds. The van der Waals surface area contributed by atoms with Crippen molar-refractivity contribution in [2.24, 2.45) is 5.73 Å². The first-order valence-corrected chi connectivity index (χ1v) is 7.10. The Bertz CT molecular complexity index is 574. The average molecular weight is 330 g/mol. The SMILES string of the molecule is NC(=O)CN1CCCN(C(=O)c2ccc(C(F)(F)F)nc2)CC1. The lowest BCUT2D eigenvalue weighted by atomic mass is 10.2. The van der Waals surface area contributed by atoms with Gasteiger partial charge in [-0.3, -0.25) is 19.5 Å². The van der Waals surface area contributed by atoms with E-state index in [4.69, 9.17) is 5.73 Å². The van der Waals surface area contributed by atoms with Crippen LogP contribution >= 0.6 is 0 Å². The second kappa shape index (κ2) is 6.95. The van der Waals surface area contributed by atoms with Crippen molar-refractivity contribution in [3.63, 3.8) is 0 Å². The fourth-order valence-corrected chi connectivity index (χ4v) is 2.42. The highest BCUT2D eigenvalue weighted by atomic mass is 19.4. The Morgan fingerprint density at radius 3 is 2.48 bits per heavy atom. The van der Waals surface area contributed by atoms with Crippen LogP contribution in [0.4, 0.5) is 13.2 Å². The first-order valence-electron chi connectivity index (χ1n) is 7.10. The monoisotopic (exact) mass is 330 g/mol. The molecule has 1 aromatic heterocycles. The Balaban J connectivity index is 2.01. The van der Waals surface area contributed by atoms with Gasteiger partial charge >= 0.3 is 6.18 Å². The second-order valence-corrected chi connectivity index (χ2v) is 5.32. The third-order valence-electron chi connectivity index (χ3n) is 3.56. The minimum absolute atomic E-state index is 0.112. The summed E-state index contributed by atoms with van der Waals surface area (Å²) in [5.74, 6) is -0.802. The number of nitrogens with two attached hydrogens (primary N) is 1. The van der Waals surface area contributed by atoms with Crippen molar-refractivity contribution in [3.05, 3.63) is 29.6 Å². The maximum atomic E-state index is 12.5. The van der Waals surface area contributed by atoms with Crippen molar-refractivity contribution >= 4 is 11.8 Å². The normalized spacial score (nSPS) is 16.9. The Kier molecular flexibility index (Phi) is 5.19. The standard InChI is InChI=1S/C14H17F3N4O2/c15-14(16,17)11-3-2-10(8-19-11)13(23)21-5-1-4-20(6-7-21)9-12(18)22/h2-3,8H,1,4-7,9H2,(H2,18,22).